The topological polar surface area (TPSA) is 111 Å². The van der Waals surface area contributed by atoms with Crippen LogP contribution in [0.1, 0.15) is 25.1 Å². The fourth-order valence-electron chi connectivity index (χ4n) is 3.12. The number of nitrogens with zero attached hydrogens (tertiary/aromatic N) is 3. The lowest BCUT2D eigenvalue weighted by Crippen LogP contribution is -2.45. The molecule has 1 atom stereocenters. The third kappa shape index (κ3) is 4.58. The van der Waals surface area contributed by atoms with E-state index in [1.807, 2.05) is 0 Å². The van der Waals surface area contributed by atoms with Crippen LogP contribution in [0.15, 0.2) is 47.0 Å². The van der Waals surface area contributed by atoms with Gasteiger partial charge in [-0.1, -0.05) is 6.08 Å². The molecule has 0 unspecified atom stereocenters. The van der Waals surface area contributed by atoms with Crippen molar-refractivity contribution < 1.29 is 31.5 Å². The number of alkyl halides is 2. The van der Waals surface area contributed by atoms with Crippen molar-refractivity contribution >= 4 is 22.3 Å². The highest BCUT2D eigenvalue weighted by molar-refractivity contribution is 7.89. The fourth-order valence-corrected chi connectivity index (χ4v) is 4.29. The summed E-state index contributed by atoms with van der Waals surface area (Å²) in [4.78, 5) is 24.9. The van der Waals surface area contributed by atoms with Crippen molar-refractivity contribution in [3.8, 4) is 5.75 Å². The van der Waals surface area contributed by atoms with Crippen LogP contribution >= 0.6 is 0 Å². The number of hydrogen-bond donors (Lipinski definition) is 1. The van der Waals surface area contributed by atoms with E-state index < -0.39 is 22.7 Å². The van der Waals surface area contributed by atoms with Gasteiger partial charge in [-0.15, -0.1) is 0 Å². The Kier molecular flexibility index (Phi) is 6.39. The first-order valence-electron chi connectivity index (χ1n) is 9.16. The fraction of sp³-hybridized carbons (Fsp3) is 0.316. The van der Waals surface area contributed by atoms with Gasteiger partial charge in [0.25, 0.3) is 10.0 Å². The summed E-state index contributed by atoms with van der Waals surface area (Å²) >= 11 is 0. The molecule has 0 spiro atoms. The van der Waals surface area contributed by atoms with Crippen molar-refractivity contribution in [1.29, 1.82) is 0 Å². The molecule has 0 fully saturated rings. The molecule has 0 bridgehead atoms. The van der Waals surface area contributed by atoms with Crippen LogP contribution in [0.2, 0.25) is 0 Å². The zero-order chi connectivity index (χ0) is 22.8. The van der Waals surface area contributed by atoms with E-state index in [4.69, 9.17) is 0 Å². The van der Waals surface area contributed by atoms with Crippen molar-refractivity contribution in [1.82, 2.24) is 19.4 Å². The van der Waals surface area contributed by atoms with Crippen LogP contribution in [0.3, 0.4) is 0 Å². The summed E-state index contributed by atoms with van der Waals surface area (Å²) in [6.07, 6.45) is 3.49. The van der Waals surface area contributed by atoms with E-state index in [1.54, 1.807) is 19.9 Å². The predicted molar refractivity (Wildman–Crippen MR) is 105 cm³/mol. The van der Waals surface area contributed by atoms with Crippen LogP contribution in [0.5, 0.6) is 5.75 Å². The van der Waals surface area contributed by atoms with Gasteiger partial charge >= 0.3 is 6.61 Å². The van der Waals surface area contributed by atoms with Crippen molar-refractivity contribution in [2.75, 3.05) is 0 Å². The Labute approximate surface area is 177 Å². The molecule has 2 aromatic rings. The quantitative estimate of drug-likeness (QED) is 0.480. The van der Waals surface area contributed by atoms with Crippen LogP contribution in [0.25, 0.3) is 0 Å². The molecule has 1 aliphatic rings. The van der Waals surface area contributed by atoms with E-state index >= 15 is 0 Å². The molecule has 166 valence electrons. The maximum atomic E-state index is 12.8. The Hall–Kier alpha value is -3.28. The number of fused-ring (bicyclic) bond motifs is 1. The number of carbonyl (C=O) groups is 2. The molecule has 9 nitrogen and oxygen atoms in total. The molecule has 1 aromatic heterocycles. The van der Waals surface area contributed by atoms with Crippen molar-refractivity contribution in [3.05, 3.63) is 53.4 Å². The standard InChI is InChI=1S/C19H20F2N4O5S/c1-3-12(2)17(22-11-26)18(27)24-8-13-9-25(23-16(13)10-24)31(28,29)15-6-4-14(5-7-15)30-19(20)21/h3-7,9,11,17,19H,8,10H2,1-2H3,(H,22,26)/b12-3+/t17-/m1/s1. The summed E-state index contributed by atoms with van der Waals surface area (Å²) in [7, 11) is -4.05. The molecule has 2 heterocycles. The second-order valence-electron chi connectivity index (χ2n) is 6.77. The van der Waals surface area contributed by atoms with Crippen LogP contribution in [0, 0.1) is 0 Å². The minimum Gasteiger partial charge on any atom is -0.435 e. The van der Waals surface area contributed by atoms with Crippen LogP contribution in [-0.2, 0) is 32.7 Å². The number of nitrogens with one attached hydrogen (secondary N) is 1. The van der Waals surface area contributed by atoms with Crippen molar-refractivity contribution in [2.24, 2.45) is 0 Å². The number of allylic oxidation sites excluding steroid dienone is 1. The second-order valence-corrected chi connectivity index (χ2v) is 8.57. The van der Waals surface area contributed by atoms with E-state index in [2.05, 4.69) is 15.2 Å². The molecule has 2 amide bonds. The molecule has 1 N–H and O–H groups in total. The minimum atomic E-state index is -4.05. The Bertz CT molecular complexity index is 1090. The van der Waals surface area contributed by atoms with Crippen LogP contribution < -0.4 is 10.1 Å². The number of carbonyl (C=O) groups excluding carboxylic acids is 2. The van der Waals surface area contributed by atoms with Gasteiger partial charge in [0, 0.05) is 18.3 Å². The summed E-state index contributed by atoms with van der Waals surface area (Å²) in [5.74, 6) is -0.495. The SMILES string of the molecule is C/C=C(\C)[C@@H](NC=O)C(=O)N1Cc2cn(S(=O)(=O)c3ccc(OC(F)F)cc3)nc2C1. The largest absolute Gasteiger partial charge is 0.435 e. The van der Waals surface area contributed by atoms with E-state index in [-0.39, 0.29) is 29.6 Å². The lowest BCUT2D eigenvalue weighted by Gasteiger charge is -2.23. The van der Waals surface area contributed by atoms with E-state index in [0.29, 0.717) is 23.2 Å². The average Bonchev–Trinajstić information content (AvgIpc) is 3.31. The Morgan fingerprint density at radius 2 is 1.94 bits per heavy atom. The monoisotopic (exact) mass is 454 g/mol. The van der Waals surface area contributed by atoms with Gasteiger partial charge < -0.3 is 15.0 Å². The molecular weight excluding hydrogens is 434 g/mol. The van der Waals surface area contributed by atoms with Gasteiger partial charge in [0.15, 0.2) is 0 Å². The highest BCUT2D eigenvalue weighted by Gasteiger charge is 2.33. The Morgan fingerprint density at radius 3 is 2.48 bits per heavy atom. The second kappa shape index (κ2) is 8.84. The van der Waals surface area contributed by atoms with Gasteiger partial charge in [0.2, 0.25) is 12.3 Å². The van der Waals surface area contributed by atoms with Crippen LogP contribution in [0.4, 0.5) is 8.78 Å². The van der Waals surface area contributed by atoms with Crippen molar-refractivity contribution in [3.63, 3.8) is 0 Å². The predicted octanol–water partition coefficient (Wildman–Crippen LogP) is 1.64. The number of amides is 2. The summed E-state index contributed by atoms with van der Waals surface area (Å²) in [5, 5.41) is 6.58. The minimum absolute atomic E-state index is 0.0892. The lowest BCUT2D eigenvalue weighted by molar-refractivity contribution is -0.134. The Morgan fingerprint density at radius 1 is 1.26 bits per heavy atom. The first-order valence-corrected chi connectivity index (χ1v) is 10.6. The molecule has 0 radical (unpaired) electrons. The van der Waals surface area contributed by atoms with E-state index in [9.17, 15) is 26.8 Å². The number of rotatable bonds is 8. The summed E-state index contributed by atoms with van der Waals surface area (Å²) in [6, 6.07) is 3.73. The highest BCUT2D eigenvalue weighted by Crippen LogP contribution is 2.26. The summed E-state index contributed by atoms with van der Waals surface area (Å²) in [5.41, 5.74) is 1.64. The van der Waals surface area contributed by atoms with Crippen molar-refractivity contribution in [2.45, 2.75) is 44.5 Å². The number of ether oxygens (including phenoxy) is 1. The molecular formula is C19H20F2N4O5S. The van der Waals surface area contributed by atoms with Gasteiger partial charge in [-0.3, -0.25) is 9.59 Å². The third-order valence-corrected chi connectivity index (χ3v) is 6.40. The lowest BCUT2D eigenvalue weighted by atomic mass is 10.1. The highest BCUT2D eigenvalue weighted by atomic mass is 32.2. The van der Waals surface area contributed by atoms with Gasteiger partial charge in [-0.05, 0) is 43.7 Å². The van der Waals surface area contributed by atoms with Gasteiger partial charge in [0.05, 0.1) is 17.1 Å². The summed E-state index contributed by atoms with van der Waals surface area (Å²) in [6.45, 7) is 0.686. The molecule has 1 aliphatic heterocycles. The van der Waals surface area contributed by atoms with Crippen LogP contribution in [-0.4, -0.2) is 47.5 Å². The number of aromatic nitrogens is 2. The van der Waals surface area contributed by atoms with E-state index in [1.165, 1.54) is 11.1 Å². The first kappa shape index (κ1) is 22.4. The first-order chi connectivity index (χ1) is 14.7. The smallest absolute Gasteiger partial charge is 0.387 e. The molecule has 12 heteroatoms. The molecule has 3 rings (SSSR count). The number of benzene rings is 1. The maximum Gasteiger partial charge on any atom is 0.387 e. The number of halogens is 2. The van der Waals surface area contributed by atoms with Gasteiger partial charge in [-0.2, -0.15) is 26.4 Å². The Balaban J connectivity index is 1.77. The molecule has 1 aromatic carbocycles. The zero-order valence-electron chi connectivity index (χ0n) is 16.7. The van der Waals surface area contributed by atoms with Gasteiger partial charge in [-0.25, -0.2) is 0 Å². The number of hydrogen-bond acceptors (Lipinski definition) is 6. The normalized spacial score (nSPS) is 15.0. The maximum absolute atomic E-state index is 12.8. The van der Waals surface area contributed by atoms with E-state index in [0.717, 1.165) is 28.4 Å². The molecule has 0 saturated carbocycles. The molecule has 0 saturated heterocycles. The average molecular weight is 454 g/mol. The molecule has 0 aliphatic carbocycles. The molecule has 31 heavy (non-hydrogen) atoms. The third-order valence-electron chi connectivity index (χ3n) is 4.86. The zero-order valence-corrected chi connectivity index (χ0v) is 17.5. The van der Waals surface area contributed by atoms with Gasteiger partial charge in [0.1, 0.15) is 11.8 Å². The summed E-state index contributed by atoms with van der Waals surface area (Å²) < 4.78 is 55.1.